The van der Waals surface area contributed by atoms with Crippen molar-refractivity contribution < 1.29 is 4.74 Å². The molecule has 5 rings (SSSR count). The Hall–Kier alpha value is -4.08. The van der Waals surface area contributed by atoms with Gasteiger partial charge in [0.1, 0.15) is 11.5 Å². The lowest BCUT2D eigenvalue weighted by Crippen LogP contribution is -2.31. The van der Waals surface area contributed by atoms with Crippen molar-refractivity contribution in [3.05, 3.63) is 117 Å². The van der Waals surface area contributed by atoms with Crippen LogP contribution in [0.4, 0.5) is 0 Å². The van der Waals surface area contributed by atoms with Gasteiger partial charge < -0.3 is 9.30 Å². The number of ether oxygens (including phenoxy) is 1. The minimum absolute atomic E-state index is 0.326. The van der Waals surface area contributed by atoms with Gasteiger partial charge in [-0.15, -0.1) is 0 Å². The van der Waals surface area contributed by atoms with Gasteiger partial charge in [-0.2, -0.15) is 0 Å². The highest BCUT2D eigenvalue weighted by Crippen LogP contribution is 2.24. The van der Waals surface area contributed by atoms with Crippen LogP contribution < -0.4 is 20.7 Å². The van der Waals surface area contributed by atoms with Crippen molar-refractivity contribution >= 4 is 23.1 Å². The van der Waals surface area contributed by atoms with Gasteiger partial charge in [0, 0.05) is 18.0 Å². The van der Waals surface area contributed by atoms with Gasteiger partial charge in [0.25, 0.3) is 5.56 Å². The molecule has 0 saturated carbocycles. The molecule has 0 atom stereocenters. The molecule has 0 amide bonds. The van der Waals surface area contributed by atoms with Crippen molar-refractivity contribution in [3.8, 4) is 11.5 Å². The number of imidazole rings is 1. The van der Waals surface area contributed by atoms with Crippen LogP contribution in [0.25, 0.3) is 11.2 Å². The summed E-state index contributed by atoms with van der Waals surface area (Å²) in [6.07, 6.45) is 1.59. The normalized spacial score (nSPS) is 11.1. The van der Waals surface area contributed by atoms with E-state index in [2.05, 4.69) is 14.7 Å². The molecule has 0 aliphatic carbocycles. The molecule has 8 nitrogen and oxygen atoms in total. The van der Waals surface area contributed by atoms with Gasteiger partial charge in [-0.05, 0) is 66.4 Å². The number of aryl methyl sites for hydroxylation is 1. The first-order valence-corrected chi connectivity index (χ1v) is 12.4. The van der Waals surface area contributed by atoms with E-state index < -0.39 is 11.2 Å². The molecule has 0 bridgehead atoms. The van der Waals surface area contributed by atoms with E-state index in [0.717, 1.165) is 27.5 Å². The van der Waals surface area contributed by atoms with Crippen molar-refractivity contribution in [2.75, 3.05) is 0 Å². The number of rotatable bonds is 9. The second-order valence-electron chi connectivity index (χ2n) is 8.17. The average molecular weight is 500 g/mol. The first-order chi connectivity index (χ1) is 17.6. The van der Waals surface area contributed by atoms with E-state index in [1.165, 1.54) is 4.57 Å². The van der Waals surface area contributed by atoms with E-state index in [-0.39, 0.29) is 0 Å². The molecule has 0 spiro atoms. The number of fused-ring (bicyclic) bond motifs is 1. The minimum atomic E-state index is -0.462. The van der Waals surface area contributed by atoms with E-state index in [1.807, 2.05) is 85.8 Å². The van der Waals surface area contributed by atoms with E-state index in [9.17, 15) is 9.59 Å². The standard InChI is InChI=1S/C27H25N5O3S/c1-2-31-18-28-25-24(31)26(33)30-27(34)32(25)17-20-10-8-19(9-11-20)16-29-36-23-14-12-22(13-15-23)35-21-6-4-3-5-7-21/h3-15,18,29H,2,16-17H2,1H3,(H,30,33,34). The summed E-state index contributed by atoms with van der Waals surface area (Å²) in [6.45, 7) is 3.53. The number of nitrogens with zero attached hydrogens (tertiary/aromatic N) is 3. The van der Waals surface area contributed by atoms with Gasteiger partial charge in [0.15, 0.2) is 11.2 Å². The molecule has 0 saturated heterocycles. The number of para-hydroxylation sites is 1. The predicted molar refractivity (Wildman–Crippen MR) is 141 cm³/mol. The van der Waals surface area contributed by atoms with Crippen LogP contribution in [-0.2, 0) is 19.6 Å². The first-order valence-electron chi connectivity index (χ1n) is 11.6. The Morgan fingerprint density at radius 2 is 1.61 bits per heavy atom. The Morgan fingerprint density at radius 3 is 2.33 bits per heavy atom. The third-order valence-electron chi connectivity index (χ3n) is 5.73. The van der Waals surface area contributed by atoms with Crippen LogP contribution in [0, 0.1) is 0 Å². The zero-order chi connectivity index (χ0) is 24.9. The van der Waals surface area contributed by atoms with Gasteiger partial charge in [-0.25, -0.2) is 9.78 Å². The molecule has 0 fully saturated rings. The van der Waals surface area contributed by atoms with Gasteiger partial charge in [0.05, 0.1) is 12.9 Å². The first kappa shape index (κ1) is 23.7. The molecule has 3 aromatic carbocycles. The lowest BCUT2D eigenvalue weighted by Gasteiger charge is -2.09. The van der Waals surface area contributed by atoms with Crippen LogP contribution in [0.1, 0.15) is 18.1 Å². The molecule has 9 heteroatoms. The molecule has 2 aromatic heterocycles. The van der Waals surface area contributed by atoms with Gasteiger partial charge >= 0.3 is 5.69 Å². The summed E-state index contributed by atoms with van der Waals surface area (Å²) >= 11 is 1.55. The van der Waals surface area contributed by atoms with E-state index in [1.54, 1.807) is 22.8 Å². The summed E-state index contributed by atoms with van der Waals surface area (Å²) in [7, 11) is 0. The molecular formula is C27H25N5O3S. The number of aromatic nitrogens is 4. The third-order valence-corrected chi connectivity index (χ3v) is 6.52. The fraction of sp³-hybridized carbons (Fsp3) is 0.148. The Kier molecular flexibility index (Phi) is 7.01. The van der Waals surface area contributed by atoms with Crippen molar-refractivity contribution in [2.24, 2.45) is 0 Å². The van der Waals surface area contributed by atoms with E-state index in [4.69, 9.17) is 4.74 Å². The van der Waals surface area contributed by atoms with Gasteiger partial charge in [-0.1, -0.05) is 42.5 Å². The minimum Gasteiger partial charge on any atom is -0.457 e. The number of H-pyrrole nitrogens is 1. The molecule has 0 radical (unpaired) electrons. The maximum Gasteiger partial charge on any atom is 0.330 e. The van der Waals surface area contributed by atoms with Crippen molar-refractivity contribution in [3.63, 3.8) is 0 Å². The third kappa shape index (κ3) is 5.27. The predicted octanol–water partition coefficient (Wildman–Crippen LogP) is 4.54. The van der Waals surface area contributed by atoms with Gasteiger partial charge in [-0.3, -0.25) is 19.1 Å². The van der Waals surface area contributed by atoms with Gasteiger partial charge in [0.2, 0.25) is 0 Å². The highest BCUT2D eigenvalue weighted by molar-refractivity contribution is 7.97. The largest absolute Gasteiger partial charge is 0.457 e. The summed E-state index contributed by atoms with van der Waals surface area (Å²) in [4.78, 5) is 32.5. The smallest absolute Gasteiger partial charge is 0.330 e. The highest BCUT2D eigenvalue weighted by Gasteiger charge is 2.13. The Morgan fingerprint density at radius 1 is 0.917 bits per heavy atom. The second kappa shape index (κ2) is 10.7. The Labute approximate surface area is 211 Å². The van der Waals surface area contributed by atoms with Crippen molar-refractivity contribution in [1.29, 1.82) is 0 Å². The maximum atomic E-state index is 12.4. The quantitative estimate of drug-likeness (QED) is 0.289. The summed E-state index contributed by atoms with van der Waals surface area (Å²) in [6, 6.07) is 25.6. The molecule has 5 aromatic rings. The number of hydrogen-bond acceptors (Lipinski definition) is 6. The summed E-state index contributed by atoms with van der Waals surface area (Å²) in [5, 5.41) is 0. The molecule has 36 heavy (non-hydrogen) atoms. The molecule has 182 valence electrons. The van der Waals surface area contributed by atoms with Crippen LogP contribution in [0.2, 0.25) is 0 Å². The SMILES string of the molecule is CCn1cnc2c1c(=O)[nH]c(=O)n2Cc1ccc(CNSc2ccc(Oc3ccccc3)cc2)cc1. The lowest BCUT2D eigenvalue weighted by atomic mass is 10.1. The van der Waals surface area contributed by atoms with Crippen molar-refractivity contribution in [2.45, 2.75) is 31.5 Å². The second-order valence-corrected chi connectivity index (χ2v) is 9.14. The topological polar surface area (TPSA) is 93.9 Å². The fourth-order valence-corrected chi connectivity index (χ4v) is 4.53. The number of nitrogens with one attached hydrogen (secondary N) is 2. The van der Waals surface area contributed by atoms with Crippen LogP contribution >= 0.6 is 11.9 Å². The molecule has 0 aliphatic heterocycles. The maximum absolute atomic E-state index is 12.4. The monoisotopic (exact) mass is 499 g/mol. The van der Waals surface area contributed by atoms with E-state index in [0.29, 0.717) is 30.8 Å². The van der Waals surface area contributed by atoms with Crippen LogP contribution in [0.15, 0.2) is 99.7 Å². The number of hydrogen-bond donors (Lipinski definition) is 2. The molecule has 0 unspecified atom stereocenters. The zero-order valence-corrected chi connectivity index (χ0v) is 20.5. The zero-order valence-electron chi connectivity index (χ0n) is 19.7. The molecule has 2 N–H and O–H groups in total. The van der Waals surface area contributed by atoms with Crippen molar-refractivity contribution in [1.82, 2.24) is 23.8 Å². The van der Waals surface area contributed by atoms with E-state index >= 15 is 0 Å². The van der Waals surface area contributed by atoms with Crippen LogP contribution in [0.5, 0.6) is 11.5 Å². The fourth-order valence-electron chi connectivity index (χ4n) is 3.86. The molecular weight excluding hydrogens is 474 g/mol. The van der Waals surface area contributed by atoms with Crippen LogP contribution in [-0.4, -0.2) is 19.1 Å². The summed E-state index contributed by atoms with van der Waals surface area (Å²) in [5.74, 6) is 1.60. The lowest BCUT2D eigenvalue weighted by molar-refractivity contribution is 0.482. The number of aromatic amines is 1. The van der Waals surface area contributed by atoms with Crippen LogP contribution in [0.3, 0.4) is 0 Å². The summed E-state index contributed by atoms with van der Waals surface area (Å²) in [5.41, 5.74) is 1.99. The summed E-state index contributed by atoms with van der Waals surface area (Å²) < 4.78 is 12.4. The average Bonchev–Trinajstić information content (AvgIpc) is 3.34. The molecule has 0 aliphatic rings. The Bertz CT molecular complexity index is 1570. The Balaban J connectivity index is 1.18. The highest BCUT2D eigenvalue weighted by atomic mass is 32.2. The number of benzene rings is 3. The molecule has 2 heterocycles.